The van der Waals surface area contributed by atoms with Crippen molar-refractivity contribution < 1.29 is 14.4 Å². The zero-order valence-corrected chi connectivity index (χ0v) is 13.5. The first-order valence-corrected chi connectivity index (χ1v) is 7.52. The van der Waals surface area contributed by atoms with Crippen LogP contribution in [0.1, 0.15) is 41.8 Å². The van der Waals surface area contributed by atoms with Gasteiger partial charge in [-0.1, -0.05) is 31.5 Å². The Kier molecular flexibility index (Phi) is 4.64. The van der Waals surface area contributed by atoms with Gasteiger partial charge in [-0.05, 0) is 37.8 Å². The van der Waals surface area contributed by atoms with Gasteiger partial charge in [-0.15, -0.1) is 0 Å². The topological polar surface area (TPSA) is 66.5 Å². The number of urea groups is 1. The Morgan fingerprint density at radius 1 is 1.27 bits per heavy atom. The van der Waals surface area contributed by atoms with Crippen LogP contribution in [0.15, 0.2) is 18.2 Å². The normalized spacial score (nSPS) is 18.0. The minimum absolute atomic E-state index is 0.205. The molecule has 1 saturated heterocycles. The van der Waals surface area contributed by atoms with Crippen molar-refractivity contribution in [3.05, 3.63) is 34.9 Å². The molecule has 1 aromatic rings. The number of benzene rings is 1. The number of nitrogens with one attached hydrogen (secondary N) is 1. The summed E-state index contributed by atoms with van der Waals surface area (Å²) in [7, 11) is 0. The molecular weight excluding hydrogens is 280 g/mol. The summed E-state index contributed by atoms with van der Waals surface area (Å²) in [5.74, 6) is -0.226. The summed E-state index contributed by atoms with van der Waals surface area (Å²) in [6.07, 6.45) is 0.582. The van der Waals surface area contributed by atoms with E-state index in [-0.39, 0.29) is 18.2 Å². The average molecular weight is 302 g/mol. The molecule has 1 atom stereocenters. The number of Topliss-reactive ketones (excluding diaryl/α,β-unsaturated/α-hetero) is 1. The number of amides is 3. The Bertz CT molecular complexity index is 622. The molecule has 1 heterocycles. The van der Waals surface area contributed by atoms with E-state index >= 15 is 0 Å². The molecule has 3 amide bonds. The fourth-order valence-corrected chi connectivity index (χ4v) is 2.62. The van der Waals surface area contributed by atoms with Crippen molar-refractivity contribution in [2.45, 2.75) is 40.2 Å². The molecule has 0 aromatic heterocycles. The summed E-state index contributed by atoms with van der Waals surface area (Å²) in [5, 5.41) is 2.65. The summed E-state index contributed by atoms with van der Waals surface area (Å²) >= 11 is 0. The van der Waals surface area contributed by atoms with Crippen molar-refractivity contribution in [2.24, 2.45) is 5.92 Å². The number of hydrogen-bond acceptors (Lipinski definition) is 3. The number of aryl methyl sites for hydroxylation is 2. The van der Waals surface area contributed by atoms with Crippen molar-refractivity contribution in [1.29, 1.82) is 0 Å². The summed E-state index contributed by atoms with van der Waals surface area (Å²) < 4.78 is 0. The van der Waals surface area contributed by atoms with E-state index in [0.29, 0.717) is 17.9 Å². The molecule has 2 rings (SSSR count). The highest BCUT2D eigenvalue weighted by molar-refractivity contribution is 6.09. The summed E-state index contributed by atoms with van der Waals surface area (Å²) in [4.78, 5) is 37.6. The van der Waals surface area contributed by atoms with Gasteiger partial charge in [0, 0.05) is 5.56 Å². The third kappa shape index (κ3) is 3.35. The van der Waals surface area contributed by atoms with Crippen LogP contribution >= 0.6 is 0 Å². The standard InChI is InChI=1S/C17H22N2O3/c1-10(2)7-14-16(21)19(17(22)18-14)9-15(20)13-8-11(3)5-6-12(13)4/h5-6,8,10,14H,7,9H2,1-4H3,(H,18,22)/t14-/m0/s1. The Morgan fingerprint density at radius 2 is 1.95 bits per heavy atom. The van der Waals surface area contributed by atoms with E-state index in [9.17, 15) is 14.4 Å². The molecule has 0 saturated carbocycles. The van der Waals surface area contributed by atoms with Crippen molar-refractivity contribution in [3.8, 4) is 0 Å². The Morgan fingerprint density at radius 3 is 2.59 bits per heavy atom. The van der Waals surface area contributed by atoms with Gasteiger partial charge < -0.3 is 5.32 Å². The number of carbonyl (C=O) groups excluding carboxylic acids is 3. The molecule has 1 fully saturated rings. The van der Waals surface area contributed by atoms with Gasteiger partial charge >= 0.3 is 6.03 Å². The summed E-state index contributed by atoms with van der Waals surface area (Å²) in [6, 6.07) is 4.60. The molecule has 1 aliphatic rings. The van der Waals surface area contributed by atoms with E-state index < -0.39 is 12.1 Å². The maximum absolute atomic E-state index is 12.4. The molecule has 118 valence electrons. The highest BCUT2D eigenvalue weighted by Gasteiger charge is 2.39. The van der Waals surface area contributed by atoms with Crippen LogP contribution in [0.3, 0.4) is 0 Å². The second kappa shape index (κ2) is 6.30. The lowest BCUT2D eigenvalue weighted by Gasteiger charge is -2.14. The molecule has 0 aliphatic carbocycles. The molecule has 5 heteroatoms. The van der Waals surface area contributed by atoms with Crippen molar-refractivity contribution in [3.63, 3.8) is 0 Å². The molecule has 5 nitrogen and oxygen atoms in total. The number of imide groups is 1. The lowest BCUT2D eigenvalue weighted by atomic mass is 10.0. The second-order valence-corrected chi connectivity index (χ2v) is 6.30. The maximum Gasteiger partial charge on any atom is 0.325 e. The molecule has 1 aliphatic heterocycles. The SMILES string of the molecule is Cc1ccc(C)c(C(=O)CN2C(=O)N[C@@H](CC(C)C)C2=O)c1. The maximum atomic E-state index is 12.4. The van der Waals surface area contributed by atoms with Crippen molar-refractivity contribution >= 4 is 17.7 Å². The van der Waals surface area contributed by atoms with E-state index in [0.717, 1.165) is 16.0 Å². The number of carbonyl (C=O) groups is 3. The number of rotatable bonds is 5. The third-order valence-corrected chi connectivity index (χ3v) is 3.81. The molecule has 0 unspecified atom stereocenters. The fourth-order valence-electron chi connectivity index (χ4n) is 2.62. The molecule has 0 bridgehead atoms. The zero-order chi connectivity index (χ0) is 16.4. The van der Waals surface area contributed by atoms with Crippen LogP contribution in [0, 0.1) is 19.8 Å². The second-order valence-electron chi connectivity index (χ2n) is 6.30. The molecule has 0 radical (unpaired) electrons. The van der Waals surface area contributed by atoms with E-state index in [1.807, 2.05) is 39.8 Å². The van der Waals surface area contributed by atoms with Crippen LogP contribution in [-0.4, -0.2) is 35.2 Å². The largest absolute Gasteiger partial charge is 0.326 e. The third-order valence-electron chi connectivity index (χ3n) is 3.81. The highest BCUT2D eigenvalue weighted by atomic mass is 16.2. The molecular formula is C17H22N2O3. The van der Waals surface area contributed by atoms with Gasteiger partial charge in [0.1, 0.15) is 6.04 Å². The summed E-state index contributed by atoms with van der Waals surface area (Å²) in [5.41, 5.74) is 2.39. The van der Waals surface area contributed by atoms with Gasteiger partial charge in [-0.25, -0.2) is 4.79 Å². The van der Waals surface area contributed by atoms with E-state index in [1.54, 1.807) is 6.07 Å². The van der Waals surface area contributed by atoms with Crippen LogP contribution in [0.2, 0.25) is 0 Å². The van der Waals surface area contributed by atoms with E-state index in [2.05, 4.69) is 5.32 Å². The predicted octanol–water partition coefficient (Wildman–Crippen LogP) is 2.45. The number of nitrogens with zero attached hydrogens (tertiary/aromatic N) is 1. The van der Waals surface area contributed by atoms with Gasteiger partial charge in [0.05, 0.1) is 6.54 Å². The number of ketones is 1. The first-order valence-electron chi connectivity index (χ1n) is 7.52. The molecule has 0 spiro atoms. The smallest absolute Gasteiger partial charge is 0.325 e. The Balaban J connectivity index is 2.13. The quantitative estimate of drug-likeness (QED) is 0.671. The van der Waals surface area contributed by atoms with Gasteiger partial charge in [0.15, 0.2) is 5.78 Å². The van der Waals surface area contributed by atoms with Crippen LogP contribution in [0.25, 0.3) is 0 Å². The fraction of sp³-hybridized carbons (Fsp3) is 0.471. The molecule has 1 aromatic carbocycles. The summed E-state index contributed by atoms with van der Waals surface area (Å²) in [6.45, 7) is 7.53. The van der Waals surface area contributed by atoms with Gasteiger partial charge in [-0.2, -0.15) is 0 Å². The average Bonchev–Trinajstić information content (AvgIpc) is 2.68. The minimum atomic E-state index is -0.515. The van der Waals surface area contributed by atoms with Crippen molar-refractivity contribution in [2.75, 3.05) is 6.54 Å². The highest BCUT2D eigenvalue weighted by Crippen LogP contribution is 2.17. The van der Waals surface area contributed by atoms with Crippen LogP contribution in [-0.2, 0) is 4.79 Å². The lowest BCUT2D eigenvalue weighted by Crippen LogP contribution is -2.36. The van der Waals surface area contributed by atoms with Crippen LogP contribution < -0.4 is 5.32 Å². The molecule has 22 heavy (non-hydrogen) atoms. The van der Waals surface area contributed by atoms with Crippen molar-refractivity contribution in [1.82, 2.24) is 10.2 Å². The number of hydrogen-bond donors (Lipinski definition) is 1. The van der Waals surface area contributed by atoms with E-state index in [1.165, 1.54) is 0 Å². The Labute approximate surface area is 130 Å². The van der Waals surface area contributed by atoms with E-state index in [4.69, 9.17) is 0 Å². The van der Waals surface area contributed by atoms with Gasteiger partial charge in [0.2, 0.25) is 0 Å². The predicted molar refractivity (Wildman–Crippen MR) is 83.7 cm³/mol. The Hall–Kier alpha value is -2.17. The first-order chi connectivity index (χ1) is 10.3. The monoisotopic (exact) mass is 302 g/mol. The van der Waals surface area contributed by atoms with Gasteiger partial charge in [-0.3, -0.25) is 14.5 Å². The van der Waals surface area contributed by atoms with Crippen LogP contribution in [0.4, 0.5) is 4.79 Å². The van der Waals surface area contributed by atoms with Gasteiger partial charge in [0.25, 0.3) is 5.91 Å². The first kappa shape index (κ1) is 16.2. The minimum Gasteiger partial charge on any atom is -0.326 e. The molecule has 1 N–H and O–H groups in total. The lowest BCUT2D eigenvalue weighted by molar-refractivity contribution is -0.127. The zero-order valence-electron chi connectivity index (χ0n) is 13.5. The van der Waals surface area contributed by atoms with Crippen LogP contribution in [0.5, 0.6) is 0 Å².